The van der Waals surface area contributed by atoms with Crippen LogP contribution in [0.15, 0.2) is 28.9 Å². The number of rotatable bonds is 2. The highest BCUT2D eigenvalue weighted by Crippen LogP contribution is 2.23. The molecule has 0 aliphatic carbocycles. The molecule has 2 aromatic rings. The number of hydrogen-bond donors (Lipinski definition) is 1. The van der Waals surface area contributed by atoms with Gasteiger partial charge in [0.05, 0.1) is 0 Å². The average molecular weight is 350 g/mol. The molecule has 0 spiro atoms. The maximum absolute atomic E-state index is 5.07. The Balaban J connectivity index is 1.77. The summed E-state index contributed by atoms with van der Waals surface area (Å²) >= 11 is 8.73. The van der Waals surface area contributed by atoms with Crippen molar-refractivity contribution in [2.24, 2.45) is 0 Å². The summed E-state index contributed by atoms with van der Waals surface area (Å²) in [6.45, 7) is 5.03. The number of hydrogen-bond acceptors (Lipinski definition) is 3. The summed E-state index contributed by atoms with van der Waals surface area (Å²) in [7, 11) is 0. The van der Waals surface area contributed by atoms with Crippen LogP contribution in [-0.4, -0.2) is 21.4 Å². The molecule has 5 heteroatoms. The van der Waals surface area contributed by atoms with Crippen molar-refractivity contribution in [2.45, 2.75) is 26.4 Å². The molecule has 0 saturated heterocycles. The Morgan fingerprint density at radius 1 is 1.45 bits per heavy atom. The Bertz CT molecular complexity index is 696. The molecule has 3 nitrogen and oxygen atoms in total. The molecular weight excluding hydrogens is 334 g/mol. The minimum Gasteiger partial charge on any atom is -0.334 e. The van der Waals surface area contributed by atoms with Gasteiger partial charge in [0.25, 0.3) is 0 Å². The molecule has 20 heavy (non-hydrogen) atoms. The van der Waals surface area contributed by atoms with Gasteiger partial charge in [-0.15, -0.1) is 0 Å². The van der Waals surface area contributed by atoms with E-state index in [-0.39, 0.29) is 0 Å². The fourth-order valence-electron chi connectivity index (χ4n) is 2.56. The summed E-state index contributed by atoms with van der Waals surface area (Å²) in [5.74, 6) is 0. The molecule has 0 fully saturated rings. The van der Waals surface area contributed by atoms with E-state index < -0.39 is 0 Å². The Kier molecular flexibility index (Phi) is 4.01. The van der Waals surface area contributed by atoms with E-state index in [0.717, 1.165) is 26.1 Å². The second kappa shape index (κ2) is 5.76. The number of nitrogens with zero attached hydrogens (tertiary/aromatic N) is 2. The maximum atomic E-state index is 5.07. The van der Waals surface area contributed by atoms with E-state index in [4.69, 9.17) is 12.2 Å². The lowest BCUT2D eigenvalue weighted by atomic mass is 10.1. The third-order valence-corrected chi connectivity index (χ3v) is 4.60. The van der Waals surface area contributed by atoms with Gasteiger partial charge in [-0.05, 0) is 36.3 Å². The van der Waals surface area contributed by atoms with Crippen molar-refractivity contribution >= 4 is 28.1 Å². The van der Waals surface area contributed by atoms with Gasteiger partial charge in [-0.1, -0.05) is 28.1 Å². The summed E-state index contributed by atoms with van der Waals surface area (Å²) in [6, 6.07) is 6.54. The van der Waals surface area contributed by atoms with Crippen LogP contribution in [0.4, 0.5) is 0 Å². The Morgan fingerprint density at radius 2 is 2.30 bits per heavy atom. The largest absolute Gasteiger partial charge is 0.334 e. The molecular formula is C15H16BrN3S. The SMILES string of the molecule is Cc1ccc(CN2CCc3[nH]c(=S)ncc3C2)c(Br)c1. The molecule has 1 aliphatic heterocycles. The number of nitrogens with one attached hydrogen (secondary N) is 1. The number of fused-ring (bicyclic) bond motifs is 1. The van der Waals surface area contributed by atoms with Crippen molar-refractivity contribution in [1.82, 2.24) is 14.9 Å². The minimum absolute atomic E-state index is 0.582. The van der Waals surface area contributed by atoms with Crippen LogP contribution in [0.25, 0.3) is 0 Å². The average Bonchev–Trinajstić information content (AvgIpc) is 2.42. The van der Waals surface area contributed by atoms with Gasteiger partial charge in [0.2, 0.25) is 0 Å². The van der Waals surface area contributed by atoms with Crippen molar-refractivity contribution in [3.05, 3.63) is 56.0 Å². The van der Waals surface area contributed by atoms with Crippen LogP contribution in [-0.2, 0) is 19.5 Å². The highest BCUT2D eigenvalue weighted by molar-refractivity contribution is 9.10. The Labute approximate surface area is 132 Å². The van der Waals surface area contributed by atoms with E-state index in [0.29, 0.717) is 4.77 Å². The van der Waals surface area contributed by atoms with E-state index in [1.807, 2.05) is 6.20 Å². The van der Waals surface area contributed by atoms with E-state index in [1.54, 1.807) is 0 Å². The molecule has 0 radical (unpaired) electrons. The number of aryl methyl sites for hydroxylation is 1. The van der Waals surface area contributed by atoms with Crippen LogP contribution in [0, 0.1) is 11.7 Å². The van der Waals surface area contributed by atoms with Crippen molar-refractivity contribution in [3.8, 4) is 0 Å². The second-order valence-corrected chi connectivity index (χ2v) is 6.49. The van der Waals surface area contributed by atoms with E-state index in [2.05, 4.69) is 55.9 Å². The highest BCUT2D eigenvalue weighted by atomic mass is 79.9. The lowest BCUT2D eigenvalue weighted by molar-refractivity contribution is 0.242. The number of aromatic amines is 1. The molecule has 1 N–H and O–H groups in total. The first-order valence-electron chi connectivity index (χ1n) is 6.66. The van der Waals surface area contributed by atoms with Crippen LogP contribution >= 0.6 is 28.1 Å². The third-order valence-electron chi connectivity index (χ3n) is 3.66. The van der Waals surface area contributed by atoms with Gasteiger partial charge in [0.15, 0.2) is 4.77 Å². The standard InChI is InChI=1S/C15H16BrN3S/c1-10-2-3-11(13(16)6-10)8-19-5-4-14-12(9-19)7-17-15(20)18-14/h2-3,6-7H,4-5,8-9H2,1H3,(H,17,18,20). The summed E-state index contributed by atoms with van der Waals surface area (Å²) in [4.78, 5) is 9.83. The fraction of sp³-hybridized carbons (Fsp3) is 0.333. The van der Waals surface area contributed by atoms with E-state index in [9.17, 15) is 0 Å². The Hall–Kier alpha value is -1.04. The normalized spacial score (nSPS) is 15.1. The quantitative estimate of drug-likeness (QED) is 0.837. The van der Waals surface area contributed by atoms with Crippen molar-refractivity contribution < 1.29 is 0 Å². The molecule has 1 aromatic carbocycles. The van der Waals surface area contributed by atoms with Crippen molar-refractivity contribution in [1.29, 1.82) is 0 Å². The molecule has 1 aromatic heterocycles. The van der Waals surface area contributed by atoms with Gasteiger partial charge in [0, 0.05) is 48.0 Å². The lowest BCUT2D eigenvalue weighted by Crippen LogP contribution is -2.31. The predicted molar refractivity (Wildman–Crippen MR) is 86.1 cm³/mol. The van der Waals surface area contributed by atoms with Crippen LogP contribution in [0.5, 0.6) is 0 Å². The van der Waals surface area contributed by atoms with Crippen LogP contribution in [0.3, 0.4) is 0 Å². The second-order valence-electron chi connectivity index (χ2n) is 5.25. The first-order chi connectivity index (χ1) is 9.61. The summed E-state index contributed by atoms with van der Waals surface area (Å²) < 4.78 is 1.77. The van der Waals surface area contributed by atoms with Gasteiger partial charge in [0.1, 0.15) is 0 Å². The predicted octanol–water partition coefficient (Wildman–Crippen LogP) is 3.77. The molecule has 0 amide bonds. The van der Waals surface area contributed by atoms with Gasteiger partial charge in [-0.25, -0.2) is 4.98 Å². The van der Waals surface area contributed by atoms with Gasteiger partial charge in [-0.2, -0.15) is 0 Å². The number of halogens is 1. The summed E-state index contributed by atoms with van der Waals surface area (Å²) in [5.41, 5.74) is 5.11. The number of H-pyrrole nitrogens is 1. The van der Waals surface area contributed by atoms with Crippen LogP contribution in [0.1, 0.15) is 22.4 Å². The zero-order valence-electron chi connectivity index (χ0n) is 11.3. The maximum Gasteiger partial charge on any atom is 0.196 e. The first-order valence-corrected chi connectivity index (χ1v) is 7.86. The number of benzene rings is 1. The first kappa shape index (κ1) is 13.9. The summed E-state index contributed by atoms with van der Waals surface area (Å²) in [6.07, 6.45) is 2.91. The third kappa shape index (κ3) is 3.00. The lowest BCUT2D eigenvalue weighted by Gasteiger charge is -2.28. The van der Waals surface area contributed by atoms with Gasteiger partial charge >= 0.3 is 0 Å². The van der Waals surface area contributed by atoms with Crippen molar-refractivity contribution in [3.63, 3.8) is 0 Å². The fourth-order valence-corrected chi connectivity index (χ4v) is 3.36. The highest BCUT2D eigenvalue weighted by Gasteiger charge is 2.17. The van der Waals surface area contributed by atoms with Crippen LogP contribution in [0.2, 0.25) is 0 Å². The summed E-state index contributed by atoms with van der Waals surface area (Å²) in [5, 5.41) is 0. The van der Waals surface area contributed by atoms with Crippen molar-refractivity contribution in [2.75, 3.05) is 6.54 Å². The zero-order chi connectivity index (χ0) is 14.1. The van der Waals surface area contributed by atoms with Gasteiger partial charge < -0.3 is 4.98 Å². The molecule has 0 unspecified atom stereocenters. The topological polar surface area (TPSA) is 31.9 Å². The molecule has 1 aliphatic rings. The molecule has 104 valence electrons. The van der Waals surface area contributed by atoms with Crippen LogP contribution < -0.4 is 0 Å². The Morgan fingerprint density at radius 3 is 3.10 bits per heavy atom. The zero-order valence-corrected chi connectivity index (χ0v) is 13.7. The molecule has 2 heterocycles. The number of aromatic nitrogens is 2. The molecule has 0 atom stereocenters. The smallest absolute Gasteiger partial charge is 0.196 e. The van der Waals surface area contributed by atoms with E-state index >= 15 is 0 Å². The molecule has 0 bridgehead atoms. The minimum atomic E-state index is 0.582. The molecule has 0 saturated carbocycles. The van der Waals surface area contributed by atoms with Gasteiger partial charge in [-0.3, -0.25) is 4.90 Å². The monoisotopic (exact) mass is 349 g/mol. The molecule has 3 rings (SSSR count). The van der Waals surface area contributed by atoms with E-state index in [1.165, 1.54) is 26.9 Å².